The fourth-order valence-corrected chi connectivity index (χ4v) is 3.94. The molecule has 3 rings (SSSR count). The second kappa shape index (κ2) is 8.39. The molecular weight excluding hydrogens is 383 g/mol. The van der Waals surface area contributed by atoms with Gasteiger partial charge in [0, 0.05) is 21.2 Å². The van der Waals surface area contributed by atoms with Gasteiger partial charge in [-0.1, -0.05) is 6.07 Å². The Morgan fingerprint density at radius 2 is 1.93 bits per heavy atom. The third kappa shape index (κ3) is 3.84. The molecule has 2 aromatic carbocycles. The molecule has 0 radical (unpaired) electrons. The molecule has 0 spiro atoms. The maximum absolute atomic E-state index is 14.5. The molecule has 28 heavy (non-hydrogen) atoms. The van der Waals surface area contributed by atoms with Gasteiger partial charge in [0.15, 0.2) is 17.3 Å². The number of carbonyl (C=O) groups excluding carboxylic acids is 2. The molecule has 0 N–H and O–H groups in total. The van der Waals surface area contributed by atoms with Gasteiger partial charge in [-0.05, 0) is 44.2 Å². The van der Waals surface area contributed by atoms with Crippen LogP contribution in [0.1, 0.15) is 39.4 Å². The number of rotatable bonds is 7. The van der Waals surface area contributed by atoms with E-state index in [0.717, 1.165) is 0 Å². The highest BCUT2D eigenvalue weighted by molar-refractivity contribution is 7.21. The van der Waals surface area contributed by atoms with Crippen LogP contribution >= 0.6 is 11.3 Å². The van der Waals surface area contributed by atoms with Gasteiger partial charge >= 0.3 is 5.97 Å². The molecule has 1 heterocycles. The summed E-state index contributed by atoms with van der Waals surface area (Å²) in [5, 5.41) is 0.342. The van der Waals surface area contributed by atoms with Crippen LogP contribution in [0.3, 0.4) is 0 Å². The van der Waals surface area contributed by atoms with Gasteiger partial charge in [0.25, 0.3) is 0 Å². The van der Waals surface area contributed by atoms with Crippen LogP contribution < -0.4 is 9.47 Å². The lowest BCUT2D eigenvalue weighted by molar-refractivity contribution is 0.0529. The highest BCUT2D eigenvalue weighted by Gasteiger charge is 2.22. The largest absolute Gasteiger partial charge is 0.493 e. The van der Waals surface area contributed by atoms with E-state index in [1.165, 1.54) is 31.4 Å². The number of ether oxygens (including phenoxy) is 3. The van der Waals surface area contributed by atoms with Gasteiger partial charge in [-0.15, -0.1) is 11.3 Å². The monoisotopic (exact) mass is 402 g/mol. The van der Waals surface area contributed by atoms with Gasteiger partial charge in [0.1, 0.15) is 17.3 Å². The Morgan fingerprint density at radius 1 is 1.14 bits per heavy atom. The van der Waals surface area contributed by atoms with E-state index in [2.05, 4.69) is 0 Å². The Labute approximate surface area is 165 Å². The zero-order valence-corrected chi connectivity index (χ0v) is 16.5. The van der Waals surface area contributed by atoms with E-state index >= 15 is 0 Å². The second-order valence-corrected chi connectivity index (χ2v) is 7.01. The number of benzene rings is 2. The molecule has 5 nitrogen and oxygen atoms in total. The lowest BCUT2D eigenvalue weighted by Crippen LogP contribution is -2.08. The molecule has 0 fully saturated rings. The summed E-state index contributed by atoms with van der Waals surface area (Å²) in [5.74, 6) is -0.272. The van der Waals surface area contributed by atoms with Crippen molar-refractivity contribution in [1.29, 1.82) is 0 Å². The van der Waals surface area contributed by atoms with Crippen LogP contribution in [0.5, 0.6) is 11.5 Å². The molecule has 0 aliphatic carbocycles. The number of halogens is 1. The Balaban J connectivity index is 1.99. The van der Waals surface area contributed by atoms with Crippen LogP contribution in [0.2, 0.25) is 0 Å². The molecule has 3 aromatic rings. The van der Waals surface area contributed by atoms with Crippen LogP contribution in [0, 0.1) is 5.82 Å². The van der Waals surface area contributed by atoms with Gasteiger partial charge in [-0.2, -0.15) is 0 Å². The summed E-state index contributed by atoms with van der Waals surface area (Å²) < 4.78 is 31.3. The summed E-state index contributed by atoms with van der Waals surface area (Å²) in [6, 6.07) is 9.50. The van der Waals surface area contributed by atoms with Crippen molar-refractivity contribution >= 4 is 33.2 Å². The third-order valence-corrected chi connectivity index (χ3v) is 5.34. The summed E-state index contributed by atoms with van der Waals surface area (Å²) in [6.07, 6.45) is 0. The predicted octanol–water partition coefficient (Wildman–Crippen LogP) is 5.01. The number of Topliss-reactive ketones (excluding diaryl/α,β-unsaturated/α-hetero) is 1. The van der Waals surface area contributed by atoms with E-state index in [1.54, 1.807) is 37.3 Å². The molecule has 0 aliphatic rings. The highest BCUT2D eigenvalue weighted by Crippen LogP contribution is 2.36. The summed E-state index contributed by atoms with van der Waals surface area (Å²) in [4.78, 5) is 24.2. The number of fused-ring (bicyclic) bond motifs is 1. The van der Waals surface area contributed by atoms with Crippen molar-refractivity contribution in [2.24, 2.45) is 0 Å². The van der Waals surface area contributed by atoms with E-state index in [1.807, 2.05) is 0 Å². The maximum Gasteiger partial charge on any atom is 0.348 e. The first-order valence-electron chi connectivity index (χ1n) is 8.65. The van der Waals surface area contributed by atoms with Crippen molar-refractivity contribution < 1.29 is 28.2 Å². The van der Waals surface area contributed by atoms with Crippen molar-refractivity contribution in [2.45, 2.75) is 20.5 Å². The quantitative estimate of drug-likeness (QED) is 0.411. The average Bonchev–Trinajstić information content (AvgIpc) is 3.06. The standard InChI is InChI=1S/C21H19FO5S/c1-4-26-21(24)20-14(19-15(22)6-5-7-18(19)28-20)11-27-16-9-8-13(12(2)23)10-17(16)25-3/h5-10H,4,11H2,1-3H3. The van der Waals surface area contributed by atoms with E-state index in [0.29, 0.717) is 37.6 Å². The Morgan fingerprint density at radius 3 is 2.61 bits per heavy atom. The Kier molecular flexibility index (Phi) is 5.94. The molecule has 0 saturated heterocycles. The molecule has 7 heteroatoms. The molecule has 0 atom stereocenters. The smallest absolute Gasteiger partial charge is 0.348 e. The molecule has 0 amide bonds. The third-order valence-electron chi connectivity index (χ3n) is 4.17. The van der Waals surface area contributed by atoms with Gasteiger partial charge in [0.2, 0.25) is 0 Å². The molecular formula is C21H19FO5S. The molecule has 1 aromatic heterocycles. The van der Waals surface area contributed by atoms with Crippen molar-refractivity contribution in [3.05, 3.63) is 58.2 Å². The summed E-state index contributed by atoms with van der Waals surface area (Å²) in [7, 11) is 1.47. The topological polar surface area (TPSA) is 61.8 Å². The number of thiophene rings is 1. The van der Waals surface area contributed by atoms with E-state index < -0.39 is 11.8 Å². The first kappa shape index (κ1) is 19.8. The van der Waals surface area contributed by atoms with Crippen LogP contribution in [-0.2, 0) is 11.3 Å². The lowest BCUT2D eigenvalue weighted by Gasteiger charge is -2.12. The van der Waals surface area contributed by atoms with Crippen molar-refractivity contribution in [2.75, 3.05) is 13.7 Å². The van der Waals surface area contributed by atoms with Crippen LogP contribution in [-0.4, -0.2) is 25.5 Å². The van der Waals surface area contributed by atoms with Crippen molar-refractivity contribution in [3.8, 4) is 11.5 Å². The van der Waals surface area contributed by atoms with Crippen LogP contribution in [0.4, 0.5) is 4.39 Å². The van der Waals surface area contributed by atoms with E-state index in [4.69, 9.17) is 14.2 Å². The van der Waals surface area contributed by atoms with Gasteiger partial charge in [0.05, 0.1) is 13.7 Å². The molecule has 0 bridgehead atoms. The fourth-order valence-electron chi connectivity index (χ4n) is 2.82. The van der Waals surface area contributed by atoms with Gasteiger partial charge in [-0.3, -0.25) is 4.79 Å². The van der Waals surface area contributed by atoms with Crippen molar-refractivity contribution in [1.82, 2.24) is 0 Å². The molecule has 0 unspecified atom stereocenters. The van der Waals surface area contributed by atoms with Gasteiger partial charge in [-0.25, -0.2) is 9.18 Å². The number of esters is 1. The lowest BCUT2D eigenvalue weighted by atomic mass is 10.1. The number of methoxy groups -OCH3 is 1. The minimum atomic E-state index is -0.513. The summed E-state index contributed by atoms with van der Waals surface area (Å²) in [5.41, 5.74) is 0.915. The number of carbonyl (C=O) groups is 2. The molecule has 0 aliphatic heterocycles. The van der Waals surface area contributed by atoms with Gasteiger partial charge < -0.3 is 14.2 Å². The van der Waals surface area contributed by atoms with E-state index in [-0.39, 0.29) is 19.0 Å². The zero-order valence-electron chi connectivity index (χ0n) is 15.7. The van der Waals surface area contributed by atoms with Crippen LogP contribution in [0.15, 0.2) is 36.4 Å². The SMILES string of the molecule is CCOC(=O)c1sc2cccc(F)c2c1COc1ccc(C(C)=O)cc1OC. The Hall–Kier alpha value is -2.93. The number of hydrogen-bond acceptors (Lipinski definition) is 6. The minimum Gasteiger partial charge on any atom is -0.493 e. The predicted molar refractivity (Wildman–Crippen MR) is 105 cm³/mol. The number of hydrogen-bond donors (Lipinski definition) is 0. The second-order valence-electron chi connectivity index (χ2n) is 5.95. The van der Waals surface area contributed by atoms with Crippen molar-refractivity contribution in [3.63, 3.8) is 0 Å². The minimum absolute atomic E-state index is 0.0507. The normalized spacial score (nSPS) is 10.7. The van der Waals surface area contributed by atoms with Crippen LogP contribution in [0.25, 0.3) is 10.1 Å². The zero-order chi connectivity index (χ0) is 20.3. The summed E-state index contributed by atoms with van der Waals surface area (Å²) >= 11 is 1.17. The first-order chi connectivity index (χ1) is 13.5. The average molecular weight is 402 g/mol. The first-order valence-corrected chi connectivity index (χ1v) is 9.46. The Bertz CT molecular complexity index is 1040. The van der Waals surface area contributed by atoms with E-state index in [9.17, 15) is 14.0 Å². The molecule has 0 saturated carbocycles. The highest BCUT2D eigenvalue weighted by atomic mass is 32.1. The fraction of sp³-hybridized carbons (Fsp3) is 0.238. The maximum atomic E-state index is 14.5. The number of ketones is 1. The summed E-state index contributed by atoms with van der Waals surface area (Å²) in [6.45, 7) is 3.34. The molecule has 146 valence electrons.